The normalized spacial score (nSPS) is 10.4. The molecule has 0 bridgehead atoms. The molecule has 2 aromatic rings. The highest BCUT2D eigenvalue weighted by Gasteiger charge is 2.13. The van der Waals surface area contributed by atoms with Crippen LogP contribution in [-0.2, 0) is 6.54 Å². The molecule has 0 aliphatic carbocycles. The van der Waals surface area contributed by atoms with Gasteiger partial charge in [-0.25, -0.2) is 4.68 Å². The maximum atomic E-state index is 11.7. The van der Waals surface area contributed by atoms with Gasteiger partial charge in [-0.1, -0.05) is 17.7 Å². The molecule has 1 aromatic heterocycles. The van der Waals surface area contributed by atoms with Gasteiger partial charge < -0.3 is 0 Å². The van der Waals surface area contributed by atoms with E-state index in [1.54, 1.807) is 19.2 Å². The second kappa shape index (κ2) is 5.19. The standard InChI is InChI=1S/C12H10ClN3O3/c1-8-4-12(17)15(14-6-8)7-9-2-3-10(13)11(5-9)16(18)19/h2-6H,7H2,1H3. The highest BCUT2D eigenvalue weighted by molar-refractivity contribution is 6.32. The first-order valence-electron chi connectivity index (χ1n) is 5.44. The topological polar surface area (TPSA) is 78.0 Å². The third-order valence-corrected chi connectivity index (χ3v) is 2.87. The van der Waals surface area contributed by atoms with Gasteiger partial charge >= 0.3 is 0 Å². The monoisotopic (exact) mass is 279 g/mol. The third-order valence-electron chi connectivity index (χ3n) is 2.55. The van der Waals surface area contributed by atoms with Crippen molar-refractivity contribution in [3.8, 4) is 0 Å². The Morgan fingerprint density at radius 2 is 2.16 bits per heavy atom. The van der Waals surface area contributed by atoms with Crippen LogP contribution >= 0.6 is 11.6 Å². The van der Waals surface area contributed by atoms with E-state index in [0.29, 0.717) is 5.56 Å². The van der Waals surface area contributed by atoms with E-state index in [2.05, 4.69) is 5.10 Å². The molecule has 0 radical (unpaired) electrons. The lowest BCUT2D eigenvalue weighted by Crippen LogP contribution is -2.22. The number of halogens is 1. The Balaban J connectivity index is 2.36. The molecule has 0 spiro atoms. The molecule has 0 unspecified atom stereocenters. The van der Waals surface area contributed by atoms with Crippen LogP contribution in [0.3, 0.4) is 0 Å². The fraction of sp³-hybridized carbons (Fsp3) is 0.167. The summed E-state index contributed by atoms with van der Waals surface area (Å²) in [6, 6.07) is 5.87. The van der Waals surface area contributed by atoms with E-state index in [9.17, 15) is 14.9 Å². The van der Waals surface area contributed by atoms with Crippen molar-refractivity contribution >= 4 is 17.3 Å². The highest BCUT2D eigenvalue weighted by atomic mass is 35.5. The van der Waals surface area contributed by atoms with E-state index in [1.165, 1.54) is 22.9 Å². The molecule has 98 valence electrons. The van der Waals surface area contributed by atoms with Crippen LogP contribution in [0.25, 0.3) is 0 Å². The summed E-state index contributed by atoms with van der Waals surface area (Å²) in [5.41, 5.74) is 0.926. The van der Waals surface area contributed by atoms with Gasteiger partial charge in [0.1, 0.15) is 5.02 Å². The molecule has 2 rings (SSSR count). The van der Waals surface area contributed by atoms with Crippen molar-refractivity contribution in [1.82, 2.24) is 9.78 Å². The van der Waals surface area contributed by atoms with Gasteiger partial charge in [-0.2, -0.15) is 5.10 Å². The van der Waals surface area contributed by atoms with Crippen LogP contribution in [0.2, 0.25) is 5.02 Å². The Morgan fingerprint density at radius 1 is 1.42 bits per heavy atom. The number of rotatable bonds is 3. The summed E-state index contributed by atoms with van der Waals surface area (Å²) in [5, 5.41) is 14.8. The van der Waals surface area contributed by atoms with Gasteiger partial charge in [0, 0.05) is 12.1 Å². The summed E-state index contributed by atoms with van der Waals surface area (Å²) in [4.78, 5) is 21.9. The number of nitro benzene ring substituents is 1. The molecule has 0 fully saturated rings. The van der Waals surface area contributed by atoms with Crippen molar-refractivity contribution < 1.29 is 4.92 Å². The second-order valence-corrected chi connectivity index (χ2v) is 4.48. The van der Waals surface area contributed by atoms with E-state index in [4.69, 9.17) is 11.6 Å². The molecule has 0 saturated heterocycles. The van der Waals surface area contributed by atoms with Crippen LogP contribution in [0.1, 0.15) is 11.1 Å². The zero-order valence-electron chi connectivity index (χ0n) is 10.0. The largest absolute Gasteiger partial charge is 0.288 e. The van der Waals surface area contributed by atoms with E-state index in [-0.39, 0.29) is 22.8 Å². The molecule has 1 heterocycles. The van der Waals surface area contributed by atoms with Gasteiger partial charge in [0.05, 0.1) is 17.7 Å². The number of aryl methyl sites for hydroxylation is 1. The second-order valence-electron chi connectivity index (χ2n) is 4.07. The molecule has 19 heavy (non-hydrogen) atoms. The van der Waals surface area contributed by atoms with Crippen molar-refractivity contribution in [2.75, 3.05) is 0 Å². The van der Waals surface area contributed by atoms with Crippen LogP contribution in [0.15, 0.2) is 35.3 Å². The van der Waals surface area contributed by atoms with E-state index < -0.39 is 4.92 Å². The quantitative estimate of drug-likeness (QED) is 0.637. The highest BCUT2D eigenvalue weighted by Crippen LogP contribution is 2.25. The van der Waals surface area contributed by atoms with Crippen LogP contribution in [0, 0.1) is 17.0 Å². The lowest BCUT2D eigenvalue weighted by molar-refractivity contribution is -0.384. The smallest absolute Gasteiger partial charge is 0.268 e. The van der Waals surface area contributed by atoms with Gasteiger partial charge in [0.25, 0.3) is 11.2 Å². The number of nitro groups is 1. The van der Waals surface area contributed by atoms with E-state index in [0.717, 1.165) is 5.56 Å². The molecule has 0 aliphatic rings. The van der Waals surface area contributed by atoms with Gasteiger partial charge in [-0.3, -0.25) is 14.9 Å². The minimum atomic E-state index is -0.558. The lowest BCUT2D eigenvalue weighted by atomic mass is 10.2. The minimum Gasteiger partial charge on any atom is -0.268 e. The molecule has 1 aromatic carbocycles. The number of hydrogen-bond donors (Lipinski definition) is 0. The summed E-state index contributed by atoms with van der Waals surface area (Å²) in [5.74, 6) is 0. The Morgan fingerprint density at radius 3 is 2.79 bits per heavy atom. The molecule has 0 atom stereocenters. The predicted molar refractivity (Wildman–Crippen MR) is 70.4 cm³/mol. The summed E-state index contributed by atoms with van der Waals surface area (Å²) < 4.78 is 1.24. The maximum Gasteiger partial charge on any atom is 0.288 e. The molecule has 0 aliphatic heterocycles. The number of aromatic nitrogens is 2. The van der Waals surface area contributed by atoms with Crippen molar-refractivity contribution in [3.63, 3.8) is 0 Å². The van der Waals surface area contributed by atoms with E-state index in [1.807, 2.05) is 0 Å². The van der Waals surface area contributed by atoms with Crippen molar-refractivity contribution in [1.29, 1.82) is 0 Å². The summed E-state index contributed by atoms with van der Waals surface area (Å²) >= 11 is 5.72. The zero-order valence-corrected chi connectivity index (χ0v) is 10.8. The summed E-state index contributed by atoms with van der Waals surface area (Å²) in [7, 11) is 0. The third kappa shape index (κ3) is 2.97. The van der Waals surface area contributed by atoms with Gasteiger partial charge in [-0.05, 0) is 24.1 Å². The van der Waals surface area contributed by atoms with Crippen molar-refractivity contribution in [3.05, 3.63) is 67.1 Å². The minimum absolute atomic E-state index is 0.0676. The SMILES string of the molecule is Cc1cnn(Cc2ccc(Cl)c([N+](=O)[O-])c2)c(=O)c1. The molecule has 7 heteroatoms. The van der Waals surface area contributed by atoms with Gasteiger partial charge in [-0.15, -0.1) is 0 Å². The Bertz CT molecular complexity index is 697. The lowest BCUT2D eigenvalue weighted by Gasteiger charge is -2.05. The summed E-state index contributed by atoms with van der Waals surface area (Å²) in [6.45, 7) is 1.93. The van der Waals surface area contributed by atoms with E-state index >= 15 is 0 Å². The first-order chi connectivity index (χ1) is 8.97. The predicted octanol–water partition coefficient (Wildman–Crippen LogP) is 2.16. The molecule has 0 saturated carbocycles. The van der Waals surface area contributed by atoms with Crippen LogP contribution in [0.5, 0.6) is 0 Å². The van der Waals surface area contributed by atoms with Gasteiger partial charge in [0.15, 0.2) is 0 Å². The van der Waals surface area contributed by atoms with Crippen molar-refractivity contribution in [2.45, 2.75) is 13.5 Å². The van der Waals surface area contributed by atoms with Gasteiger partial charge in [0.2, 0.25) is 0 Å². The molecule has 6 nitrogen and oxygen atoms in total. The van der Waals surface area contributed by atoms with Crippen LogP contribution < -0.4 is 5.56 Å². The Hall–Kier alpha value is -2.21. The average molecular weight is 280 g/mol. The van der Waals surface area contributed by atoms with Crippen LogP contribution in [-0.4, -0.2) is 14.7 Å². The average Bonchev–Trinajstić information content (AvgIpc) is 2.34. The number of nitrogens with zero attached hydrogens (tertiary/aromatic N) is 3. The first kappa shape index (κ1) is 13.2. The molecular formula is C12H10ClN3O3. The fourth-order valence-electron chi connectivity index (χ4n) is 1.61. The summed E-state index contributed by atoms with van der Waals surface area (Å²) in [6.07, 6.45) is 1.56. The molecule has 0 amide bonds. The zero-order chi connectivity index (χ0) is 14.0. The fourth-order valence-corrected chi connectivity index (χ4v) is 1.80. The molecular weight excluding hydrogens is 270 g/mol. The Labute approximate surface area is 113 Å². The Kier molecular flexibility index (Phi) is 3.62. The van der Waals surface area contributed by atoms with Crippen LogP contribution in [0.4, 0.5) is 5.69 Å². The molecule has 0 N–H and O–H groups in total. The van der Waals surface area contributed by atoms with Crippen molar-refractivity contribution in [2.24, 2.45) is 0 Å². The number of hydrogen-bond acceptors (Lipinski definition) is 4. The first-order valence-corrected chi connectivity index (χ1v) is 5.82. The maximum absolute atomic E-state index is 11.7. The number of benzene rings is 1.